The van der Waals surface area contributed by atoms with E-state index in [1.807, 2.05) is 37.3 Å². The van der Waals surface area contributed by atoms with Gasteiger partial charge >= 0.3 is 6.09 Å². The molecule has 1 amide bonds. The Kier molecular flexibility index (Phi) is 8.63. The lowest BCUT2D eigenvalue weighted by molar-refractivity contribution is -0.0297. The second kappa shape index (κ2) is 9.97. The van der Waals surface area contributed by atoms with Gasteiger partial charge in [0.25, 0.3) is 0 Å². The van der Waals surface area contributed by atoms with Crippen LogP contribution in [-0.2, 0) is 9.16 Å². The van der Waals surface area contributed by atoms with Gasteiger partial charge < -0.3 is 19.2 Å². The van der Waals surface area contributed by atoms with E-state index in [-0.39, 0.29) is 11.1 Å². The Morgan fingerprint density at radius 3 is 2.35 bits per heavy atom. The van der Waals surface area contributed by atoms with E-state index in [0.29, 0.717) is 12.4 Å². The van der Waals surface area contributed by atoms with Crippen molar-refractivity contribution in [1.82, 2.24) is 5.32 Å². The van der Waals surface area contributed by atoms with Gasteiger partial charge in [-0.25, -0.2) is 4.79 Å². The van der Waals surface area contributed by atoms with Crippen LogP contribution in [0.25, 0.3) is 0 Å². The third kappa shape index (κ3) is 7.38. The maximum absolute atomic E-state index is 12.0. The van der Waals surface area contributed by atoms with Crippen molar-refractivity contribution in [3.05, 3.63) is 30.3 Å². The van der Waals surface area contributed by atoms with E-state index in [4.69, 9.17) is 13.9 Å². The first kappa shape index (κ1) is 22.5. The van der Waals surface area contributed by atoms with Crippen LogP contribution in [0.5, 0.6) is 5.75 Å². The van der Waals surface area contributed by atoms with E-state index in [0.717, 1.165) is 12.8 Å². The molecule has 0 aliphatic rings. The molecule has 0 aliphatic heterocycles. The van der Waals surface area contributed by atoms with Crippen LogP contribution in [0.1, 0.15) is 47.5 Å². The summed E-state index contributed by atoms with van der Waals surface area (Å²) in [6.07, 6.45) is 0.812. The van der Waals surface area contributed by atoms with Crippen molar-refractivity contribution >= 4 is 14.4 Å². The summed E-state index contributed by atoms with van der Waals surface area (Å²) in [5.74, 6) is 0.712. The molecule has 2 unspecified atom stereocenters. The summed E-state index contributed by atoms with van der Waals surface area (Å²) in [6.45, 7) is 15.2. The van der Waals surface area contributed by atoms with E-state index in [1.54, 1.807) is 0 Å². The van der Waals surface area contributed by atoms with E-state index < -0.39 is 20.7 Å². The summed E-state index contributed by atoms with van der Waals surface area (Å²) < 4.78 is 17.7. The normalized spacial score (nSPS) is 14.4. The molecule has 26 heavy (non-hydrogen) atoms. The van der Waals surface area contributed by atoms with Gasteiger partial charge in [-0.3, -0.25) is 0 Å². The van der Waals surface area contributed by atoms with Crippen LogP contribution in [-0.4, -0.2) is 33.3 Å². The van der Waals surface area contributed by atoms with Crippen molar-refractivity contribution in [2.45, 2.75) is 77.9 Å². The zero-order chi connectivity index (χ0) is 19.8. The van der Waals surface area contributed by atoms with Crippen molar-refractivity contribution in [1.29, 1.82) is 0 Å². The molecule has 1 N–H and O–H groups in total. The molecule has 0 aliphatic carbocycles. The molecule has 0 radical (unpaired) electrons. The molecule has 0 spiro atoms. The highest BCUT2D eigenvalue weighted by molar-refractivity contribution is 6.74. The van der Waals surface area contributed by atoms with E-state index in [9.17, 15) is 4.79 Å². The fraction of sp³-hybridized carbons (Fsp3) is 0.650. The Bertz CT molecular complexity index is 542. The van der Waals surface area contributed by atoms with Gasteiger partial charge in [0.2, 0.25) is 6.29 Å². The fourth-order valence-corrected chi connectivity index (χ4v) is 3.12. The molecule has 1 rings (SSSR count). The van der Waals surface area contributed by atoms with Crippen molar-refractivity contribution in [3.63, 3.8) is 0 Å². The molecule has 0 saturated carbocycles. The highest BCUT2D eigenvalue weighted by atomic mass is 28.4. The number of hydrogen-bond donors (Lipinski definition) is 1. The average molecular weight is 382 g/mol. The second-order valence-electron chi connectivity index (χ2n) is 8.10. The van der Waals surface area contributed by atoms with Gasteiger partial charge in [0.05, 0.1) is 12.6 Å². The Labute approximate surface area is 159 Å². The number of carbonyl (C=O) groups excluding carboxylic acids is 1. The summed E-state index contributed by atoms with van der Waals surface area (Å²) in [7, 11) is -2.08. The van der Waals surface area contributed by atoms with Gasteiger partial charge in [-0.2, -0.15) is 0 Å². The highest BCUT2D eigenvalue weighted by Crippen LogP contribution is 2.37. The van der Waals surface area contributed by atoms with Crippen LogP contribution in [0.2, 0.25) is 18.1 Å². The quantitative estimate of drug-likeness (QED) is 0.357. The minimum absolute atomic E-state index is 0.0344. The predicted octanol–water partition coefficient (Wildman–Crippen LogP) is 5.33. The third-order valence-electron chi connectivity index (χ3n) is 4.70. The molecular weight excluding hydrogens is 346 g/mol. The zero-order valence-corrected chi connectivity index (χ0v) is 18.3. The number of unbranched alkanes of at least 4 members (excludes halogenated alkanes) is 1. The second-order valence-corrected chi connectivity index (χ2v) is 12.9. The Morgan fingerprint density at radius 2 is 1.81 bits per heavy atom. The Hall–Kier alpha value is -1.53. The molecule has 0 saturated heterocycles. The summed E-state index contributed by atoms with van der Waals surface area (Å²) in [4.78, 5) is 12.0. The van der Waals surface area contributed by atoms with E-state index >= 15 is 0 Å². The molecule has 2 atom stereocenters. The first-order valence-corrected chi connectivity index (χ1v) is 12.3. The summed E-state index contributed by atoms with van der Waals surface area (Å²) in [5, 5.41) is 2.88. The molecule has 6 heteroatoms. The number of alkyl carbamates (subject to hydrolysis) is 1. The molecule has 1 aromatic carbocycles. The molecular formula is C20H35NO4Si. The first-order chi connectivity index (χ1) is 12.1. The minimum atomic E-state index is -2.08. The maximum atomic E-state index is 12.0. The molecule has 0 fully saturated rings. The van der Waals surface area contributed by atoms with E-state index in [1.165, 1.54) is 0 Å². The smallest absolute Gasteiger partial charge is 0.407 e. The van der Waals surface area contributed by atoms with Gasteiger partial charge in [-0.15, -0.1) is 0 Å². The summed E-state index contributed by atoms with van der Waals surface area (Å²) in [6, 6.07) is 9.18. The number of benzene rings is 1. The van der Waals surface area contributed by atoms with Gasteiger partial charge in [0.15, 0.2) is 8.32 Å². The topological polar surface area (TPSA) is 56.8 Å². The molecule has 0 heterocycles. The van der Waals surface area contributed by atoms with Gasteiger partial charge in [-0.05, 0) is 43.6 Å². The van der Waals surface area contributed by atoms with Crippen LogP contribution < -0.4 is 10.1 Å². The monoisotopic (exact) mass is 381 g/mol. The maximum Gasteiger partial charge on any atom is 0.407 e. The summed E-state index contributed by atoms with van der Waals surface area (Å²) >= 11 is 0. The number of para-hydroxylation sites is 1. The third-order valence-corrected chi connectivity index (χ3v) is 9.13. The SMILES string of the molecule is CCCCOC(=O)NC(C)C(Oc1ccccc1)O[Si](C)(C)C(C)(C)C. The van der Waals surface area contributed by atoms with Gasteiger partial charge in [0.1, 0.15) is 5.75 Å². The van der Waals surface area contributed by atoms with Gasteiger partial charge in [-0.1, -0.05) is 52.3 Å². The molecule has 5 nitrogen and oxygen atoms in total. The number of amides is 1. The average Bonchev–Trinajstić information content (AvgIpc) is 2.54. The van der Waals surface area contributed by atoms with Crippen LogP contribution in [0, 0.1) is 0 Å². The standard InChI is InChI=1S/C20H35NO4Si/c1-8-9-15-23-19(22)21-16(2)18(24-17-13-11-10-12-14-17)25-26(6,7)20(3,4)5/h10-14,16,18H,8-9,15H2,1-7H3,(H,21,22). The lowest BCUT2D eigenvalue weighted by Crippen LogP contribution is -2.53. The number of rotatable bonds is 9. The van der Waals surface area contributed by atoms with Crippen LogP contribution in [0.15, 0.2) is 30.3 Å². The van der Waals surface area contributed by atoms with Crippen LogP contribution >= 0.6 is 0 Å². The van der Waals surface area contributed by atoms with Crippen LogP contribution in [0.3, 0.4) is 0 Å². The fourth-order valence-electron chi connectivity index (χ4n) is 1.93. The number of hydrogen-bond acceptors (Lipinski definition) is 4. The Balaban J connectivity index is 2.84. The lowest BCUT2D eigenvalue weighted by atomic mass is 10.2. The number of nitrogens with one attached hydrogen (secondary N) is 1. The van der Waals surface area contributed by atoms with Crippen molar-refractivity contribution in [3.8, 4) is 5.75 Å². The largest absolute Gasteiger partial charge is 0.464 e. The molecule has 0 aromatic heterocycles. The van der Waals surface area contributed by atoms with Crippen molar-refractivity contribution in [2.75, 3.05) is 6.61 Å². The lowest BCUT2D eigenvalue weighted by Gasteiger charge is -2.40. The molecule has 1 aromatic rings. The van der Waals surface area contributed by atoms with Crippen LogP contribution in [0.4, 0.5) is 4.79 Å². The number of carbonyl (C=O) groups is 1. The van der Waals surface area contributed by atoms with Crippen molar-refractivity contribution in [2.24, 2.45) is 0 Å². The highest BCUT2D eigenvalue weighted by Gasteiger charge is 2.41. The molecule has 0 bridgehead atoms. The number of ether oxygens (including phenoxy) is 2. The van der Waals surface area contributed by atoms with Gasteiger partial charge in [0, 0.05) is 0 Å². The van der Waals surface area contributed by atoms with Crippen molar-refractivity contribution < 1.29 is 18.7 Å². The zero-order valence-electron chi connectivity index (χ0n) is 17.3. The summed E-state index contributed by atoms with van der Waals surface area (Å²) in [5.41, 5.74) is 0. The minimum Gasteiger partial charge on any atom is -0.464 e. The Morgan fingerprint density at radius 1 is 1.19 bits per heavy atom. The predicted molar refractivity (Wildman–Crippen MR) is 108 cm³/mol. The van der Waals surface area contributed by atoms with E-state index in [2.05, 4.69) is 46.1 Å². The first-order valence-electron chi connectivity index (χ1n) is 9.39. The molecule has 148 valence electrons.